The molecule has 11 heteroatoms. The first-order chi connectivity index (χ1) is 30.0. The maximum absolute atomic E-state index is 12.3. The lowest BCUT2D eigenvalue weighted by atomic mass is 9.81. The molecule has 2 N–H and O–H groups in total. The van der Waals surface area contributed by atoms with Crippen molar-refractivity contribution < 1.29 is 41.2 Å². The minimum absolute atomic E-state index is 0.0674. The van der Waals surface area contributed by atoms with Crippen LogP contribution in [0.2, 0.25) is 0 Å². The van der Waals surface area contributed by atoms with Gasteiger partial charge in [-0.2, -0.15) is 13.0 Å². The molecule has 3 aromatic rings. The number of para-hydroxylation sites is 1. The molecule has 344 valence electrons. The second kappa shape index (κ2) is 19.3. The lowest BCUT2D eigenvalue weighted by Gasteiger charge is -2.28. The SMILES string of the molecule is CC1(C)C(=CC=C2CCCC(C=CC3=[N+](CCCC[N+](C)(C)C)c4ccccc4C3(C)C)=C2Oc2ccc(CCC(=O)O)cc2)N(CCCC[N+](C)(C)C)c2ccc(S(=O)(=O)O)cc21. The fraction of sp³-hybridized carbons (Fsp3) is 0.472. The van der Waals surface area contributed by atoms with E-state index in [0.29, 0.717) is 12.2 Å². The number of quaternary nitrogens is 2. The molecule has 3 aromatic carbocycles. The summed E-state index contributed by atoms with van der Waals surface area (Å²) in [6.45, 7) is 12.7. The van der Waals surface area contributed by atoms with E-state index in [0.717, 1.165) is 120 Å². The topological polar surface area (TPSA) is 107 Å². The molecule has 2 aliphatic heterocycles. The van der Waals surface area contributed by atoms with Crippen LogP contribution >= 0.6 is 0 Å². The minimum atomic E-state index is -4.39. The zero-order valence-corrected chi connectivity index (χ0v) is 40.9. The van der Waals surface area contributed by atoms with Crippen LogP contribution in [0.1, 0.15) is 95.8 Å². The number of benzene rings is 3. The number of unbranched alkanes of at least 4 members (excludes halogenated alkanes) is 2. The second-order valence-electron chi connectivity index (χ2n) is 21.0. The number of carboxylic acids is 1. The zero-order valence-electron chi connectivity index (χ0n) is 40.1. The molecule has 0 fully saturated rings. The van der Waals surface area contributed by atoms with E-state index in [1.54, 1.807) is 6.07 Å². The molecule has 0 spiro atoms. The Balaban J connectivity index is 1.43. The van der Waals surface area contributed by atoms with Crippen LogP contribution in [0, 0.1) is 0 Å². The maximum Gasteiger partial charge on any atom is 0.303 e. The van der Waals surface area contributed by atoms with E-state index in [-0.39, 0.29) is 16.7 Å². The average molecular weight is 894 g/mol. The molecule has 0 bridgehead atoms. The number of ether oxygens (including phenoxy) is 1. The number of anilines is 1. The van der Waals surface area contributed by atoms with Crippen molar-refractivity contribution in [2.75, 3.05) is 73.4 Å². The Bertz CT molecular complexity index is 2480. The highest BCUT2D eigenvalue weighted by molar-refractivity contribution is 7.85. The third-order valence-electron chi connectivity index (χ3n) is 13.0. The van der Waals surface area contributed by atoms with Gasteiger partial charge in [0.1, 0.15) is 18.1 Å². The number of fused-ring (bicyclic) bond motifs is 2. The summed E-state index contributed by atoms with van der Waals surface area (Å²) in [5.41, 5.74) is 9.09. The largest absolute Gasteiger partial charge is 0.481 e. The highest BCUT2D eigenvalue weighted by atomic mass is 32.2. The van der Waals surface area contributed by atoms with E-state index in [1.807, 2.05) is 30.3 Å². The second-order valence-corrected chi connectivity index (χ2v) is 22.4. The highest BCUT2D eigenvalue weighted by Crippen LogP contribution is 2.49. The molecular formula is C53H73N4O6S+3. The summed E-state index contributed by atoms with van der Waals surface area (Å²) in [6, 6.07) is 21.5. The summed E-state index contributed by atoms with van der Waals surface area (Å²) in [7, 11) is 8.96. The summed E-state index contributed by atoms with van der Waals surface area (Å²) in [5.74, 6) is 0.681. The first kappa shape index (κ1) is 48.6. The minimum Gasteiger partial charge on any atom is -0.481 e. The molecule has 0 radical (unpaired) electrons. The summed E-state index contributed by atoms with van der Waals surface area (Å²) in [6.07, 6.45) is 16.3. The van der Waals surface area contributed by atoms with Gasteiger partial charge in [0.15, 0.2) is 5.71 Å². The van der Waals surface area contributed by atoms with Crippen LogP contribution in [-0.4, -0.2) is 112 Å². The third kappa shape index (κ3) is 11.7. The molecule has 0 saturated heterocycles. The first-order valence-corrected chi connectivity index (χ1v) is 24.5. The van der Waals surface area contributed by atoms with Gasteiger partial charge < -0.3 is 23.7 Å². The third-order valence-corrected chi connectivity index (χ3v) is 13.9. The Morgan fingerprint density at radius 3 is 2.14 bits per heavy atom. The fourth-order valence-corrected chi connectivity index (χ4v) is 9.96. The smallest absolute Gasteiger partial charge is 0.303 e. The molecule has 0 unspecified atom stereocenters. The Kier molecular flexibility index (Phi) is 14.7. The molecule has 64 heavy (non-hydrogen) atoms. The average Bonchev–Trinajstić information content (AvgIpc) is 3.56. The van der Waals surface area contributed by atoms with Crippen molar-refractivity contribution in [1.29, 1.82) is 0 Å². The molecular weight excluding hydrogens is 821 g/mol. The normalized spacial score (nSPS) is 18.7. The first-order valence-electron chi connectivity index (χ1n) is 23.0. The number of rotatable bonds is 19. The monoisotopic (exact) mass is 894 g/mol. The molecule has 1 aliphatic carbocycles. The van der Waals surface area contributed by atoms with Crippen molar-refractivity contribution in [1.82, 2.24) is 0 Å². The summed E-state index contributed by atoms with van der Waals surface area (Å²) < 4.78 is 46.0. The molecule has 0 aromatic heterocycles. The highest BCUT2D eigenvalue weighted by Gasteiger charge is 2.44. The predicted molar refractivity (Wildman–Crippen MR) is 259 cm³/mol. The van der Waals surface area contributed by atoms with Gasteiger partial charge in [0.25, 0.3) is 10.1 Å². The molecule has 2 heterocycles. The number of hydrogen-bond donors (Lipinski definition) is 2. The number of hydrogen-bond acceptors (Lipinski definition) is 5. The Hall–Kier alpha value is -4.81. The standard InChI is InChI=1S/C53H71N4O6S/c1-52(2)44-20-11-12-21-46(44)54(34-13-15-36-56(5,6)7)48(52)31-25-40-18-17-19-41(51(40)63-42-27-22-39(23-28-42)24-33-50(58)59)26-32-49-53(3,4)45-38-43(64(60,61)62)29-30-47(45)55(49)35-14-16-37-57(8,9)10/h11-12,20-23,25-32,38H,13-19,24,33-37H2,1-10H3/q+1/p+2. The van der Waals surface area contributed by atoms with E-state index >= 15 is 0 Å². The van der Waals surface area contributed by atoms with Gasteiger partial charge in [-0.15, -0.1) is 0 Å². The van der Waals surface area contributed by atoms with Crippen LogP contribution in [0.4, 0.5) is 11.4 Å². The van der Waals surface area contributed by atoms with Gasteiger partial charge in [-0.25, -0.2) is 0 Å². The van der Waals surface area contributed by atoms with Crippen LogP contribution < -0.4 is 9.64 Å². The predicted octanol–water partition coefficient (Wildman–Crippen LogP) is 9.98. The molecule has 0 atom stereocenters. The van der Waals surface area contributed by atoms with Crippen molar-refractivity contribution in [2.45, 2.75) is 101 Å². The number of aliphatic carboxylic acids is 1. The van der Waals surface area contributed by atoms with Gasteiger partial charge in [-0.3, -0.25) is 9.35 Å². The maximum atomic E-state index is 12.3. The van der Waals surface area contributed by atoms with E-state index in [2.05, 4.69) is 128 Å². The lowest BCUT2D eigenvalue weighted by molar-refractivity contribution is -0.870. The summed E-state index contributed by atoms with van der Waals surface area (Å²) in [5, 5.41) is 9.28. The number of carboxylic acid groups (broad SMARTS) is 1. The fourth-order valence-electron chi connectivity index (χ4n) is 9.45. The van der Waals surface area contributed by atoms with Crippen LogP contribution in [0.25, 0.3) is 0 Å². The number of aryl methyl sites for hydroxylation is 1. The lowest BCUT2D eigenvalue weighted by Crippen LogP contribution is -2.35. The van der Waals surface area contributed by atoms with E-state index in [9.17, 15) is 22.9 Å². The van der Waals surface area contributed by atoms with Gasteiger partial charge >= 0.3 is 5.97 Å². The molecule has 0 amide bonds. The Morgan fingerprint density at radius 1 is 0.812 bits per heavy atom. The van der Waals surface area contributed by atoms with Gasteiger partial charge in [0.2, 0.25) is 5.69 Å². The van der Waals surface area contributed by atoms with Crippen LogP contribution in [0.15, 0.2) is 119 Å². The number of allylic oxidation sites excluding steroid dienone is 7. The van der Waals surface area contributed by atoms with E-state index < -0.39 is 21.5 Å². The van der Waals surface area contributed by atoms with Crippen LogP contribution in [0.5, 0.6) is 5.75 Å². The van der Waals surface area contributed by atoms with Crippen molar-refractivity contribution >= 4 is 33.2 Å². The van der Waals surface area contributed by atoms with Crippen molar-refractivity contribution in [2.24, 2.45) is 0 Å². The number of nitrogens with zero attached hydrogens (tertiary/aromatic N) is 4. The van der Waals surface area contributed by atoms with Crippen molar-refractivity contribution in [3.05, 3.63) is 130 Å². The van der Waals surface area contributed by atoms with E-state index in [1.165, 1.54) is 23.0 Å². The molecule has 6 rings (SSSR count). The molecule has 3 aliphatic rings. The van der Waals surface area contributed by atoms with Crippen molar-refractivity contribution in [3.63, 3.8) is 0 Å². The van der Waals surface area contributed by atoms with Gasteiger partial charge in [0, 0.05) is 60.3 Å². The van der Waals surface area contributed by atoms with Gasteiger partial charge in [-0.1, -0.05) is 50.3 Å². The van der Waals surface area contributed by atoms with Gasteiger partial charge in [-0.05, 0) is 117 Å². The van der Waals surface area contributed by atoms with Gasteiger partial charge in [0.05, 0.1) is 65.7 Å². The van der Waals surface area contributed by atoms with Crippen LogP contribution in [-0.2, 0) is 32.2 Å². The Labute approximate surface area is 383 Å². The molecule has 10 nitrogen and oxygen atoms in total. The van der Waals surface area contributed by atoms with Crippen LogP contribution in [0.3, 0.4) is 0 Å². The zero-order chi connectivity index (χ0) is 46.7. The quantitative estimate of drug-likeness (QED) is 0.0534. The molecule has 0 saturated carbocycles. The number of carbonyl (C=O) groups is 1. The summed E-state index contributed by atoms with van der Waals surface area (Å²) in [4.78, 5) is 13.5. The Morgan fingerprint density at radius 2 is 1.48 bits per heavy atom. The summed E-state index contributed by atoms with van der Waals surface area (Å²) >= 11 is 0. The van der Waals surface area contributed by atoms with Crippen molar-refractivity contribution in [3.8, 4) is 5.75 Å². The van der Waals surface area contributed by atoms with E-state index in [4.69, 9.17) is 4.74 Å².